The molecule has 0 bridgehead atoms. The molecule has 2 unspecified atom stereocenters. The van der Waals surface area contributed by atoms with E-state index in [9.17, 15) is 0 Å². The lowest BCUT2D eigenvalue weighted by Gasteiger charge is -2.29. The molecule has 1 fully saturated rings. The highest BCUT2D eigenvalue weighted by Crippen LogP contribution is 2.34. The zero-order valence-electron chi connectivity index (χ0n) is 12.5. The van der Waals surface area contributed by atoms with Gasteiger partial charge in [-0.3, -0.25) is 0 Å². The molecule has 1 aromatic rings. The molecule has 1 nitrogen and oxygen atoms in total. The largest absolute Gasteiger partial charge is 0.316 e. The van der Waals surface area contributed by atoms with Crippen LogP contribution in [0.15, 0.2) is 23.1 Å². The van der Waals surface area contributed by atoms with E-state index in [2.05, 4.69) is 56.2 Å². The van der Waals surface area contributed by atoms with Crippen molar-refractivity contribution in [2.24, 2.45) is 0 Å². The number of hydrogen-bond acceptors (Lipinski definition) is 2. The third kappa shape index (κ3) is 4.25. The standard InChI is InChI=1S/C17H27NS/c1-13-10-11-14(2)17(12-13)19-16-9-7-5-4-6-8-15(16)18-3/h10-12,15-16,18H,4-9H2,1-3H3. The quantitative estimate of drug-likeness (QED) is 0.859. The number of nitrogens with one attached hydrogen (secondary N) is 1. The summed E-state index contributed by atoms with van der Waals surface area (Å²) in [6.07, 6.45) is 8.29. The van der Waals surface area contributed by atoms with Gasteiger partial charge in [-0.25, -0.2) is 0 Å². The first-order valence-corrected chi connectivity index (χ1v) is 8.50. The summed E-state index contributed by atoms with van der Waals surface area (Å²) in [4.78, 5) is 1.48. The van der Waals surface area contributed by atoms with E-state index in [4.69, 9.17) is 0 Å². The van der Waals surface area contributed by atoms with Crippen LogP contribution in [-0.2, 0) is 0 Å². The fourth-order valence-electron chi connectivity index (χ4n) is 2.92. The summed E-state index contributed by atoms with van der Waals surface area (Å²) in [6, 6.07) is 7.50. The molecule has 0 aliphatic heterocycles. The second-order valence-corrected chi connectivity index (χ2v) is 7.09. The van der Waals surface area contributed by atoms with Crippen molar-refractivity contribution >= 4 is 11.8 Å². The van der Waals surface area contributed by atoms with E-state index in [-0.39, 0.29) is 0 Å². The highest BCUT2D eigenvalue weighted by atomic mass is 32.2. The molecule has 0 saturated heterocycles. The number of thioether (sulfide) groups is 1. The van der Waals surface area contributed by atoms with E-state index in [1.165, 1.54) is 54.5 Å². The Balaban J connectivity index is 2.10. The van der Waals surface area contributed by atoms with Crippen molar-refractivity contribution < 1.29 is 0 Å². The normalized spacial score (nSPS) is 24.8. The third-order valence-corrected chi connectivity index (χ3v) is 5.76. The number of rotatable bonds is 3. The van der Waals surface area contributed by atoms with Crippen molar-refractivity contribution in [1.82, 2.24) is 5.32 Å². The van der Waals surface area contributed by atoms with Crippen molar-refractivity contribution in [3.63, 3.8) is 0 Å². The van der Waals surface area contributed by atoms with Gasteiger partial charge >= 0.3 is 0 Å². The Morgan fingerprint density at radius 2 is 1.79 bits per heavy atom. The molecule has 0 aromatic heterocycles. The van der Waals surface area contributed by atoms with Gasteiger partial charge in [0.25, 0.3) is 0 Å². The molecule has 1 N–H and O–H groups in total. The Morgan fingerprint density at radius 1 is 1.05 bits per heavy atom. The maximum absolute atomic E-state index is 3.56. The van der Waals surface area contributed by atoms with E-state index >= 15 is 0 Å². The minimum atomic E-state index is 0.671. The lowest BCUT2D eigenvalue weighted by atomic mass is 9.96. The van der Waals surface area contributed by atoms with Gasteiger partial charge in [0.15, 0.2) is 0 Å². The van der Waals surface area contributed by atoms with Crippen molar-refractivity contribution in [1.29, 1.82) is 0 Å². The van der Waals surface area contributed by atoms with Crippen LogP contribution in [0, 0.1) is 13.8 Å². The fraction of sp³-hybridized carbons (Fsp3) is 0.647. The minimum absolute atomic E-state index is 0.671. The summed E-state index contributed by atoms with van der Waals surface area (Å²) in [5.41, 5.74) is 2.80. The van der Waals surface area contributed by atoms with Gasteiger partial charge in [0, 0.05) is 16.2 Å². The number of benzene rings is 1. The second-order valence-electron chi connectivity index (χ2n) is 5.81. The van der Waals surface area contributed by atoms with E-state index in [0.717, 1.165) is 5.25 Å². The topological polar surface area (TPSA) is 12.0 Å². The summed E-state index contributed by atoms with van der Waals surface area (Å²) in [5, 5.41) is 4.28. The zero-order chi connectivity index (χ0) is 13.7. The van der Waals surface area contributed by atoms with Gasteiger partial charge in [-0.15, -0.1) is 11.8 Å². The molecule has 1 aromatic carbocycles. The van der Waals surface area contributed by atoms with E-state index < -0.39 is 0 Å². The Bertz CT molecular complexity index is 402. The first-order valence-electron chi connectivity index (χ1n) is 7.62. The smallest absolute Gasteiger partial charge is 0.0248 e. The molecule has 106 valence electrons. The van der Waals surface area contributed by atoms with Crippen LogP contribution in [-0.4, -0.2) is 18.3 Å². The van der Waals surface area contributed by atoms with Crippen molar-refractivity contribution in [2.45, 2.75) is 68.6 Å². The first-order chi connectivity index (χ1) is 9.20. The van der Waals surface area contributed by atoms with Crippen LogP contribution in [0.4, 0.5) is 0 Å². The lowest BCUT2D eigenvalue weighted by molar-refractivity contribution is 0.420. The van der Waals surface area contributed by atoms with Crippen LogP contribution >= 0.6 is 11.8 Å². The van der Waals surface area contributed by atoms with E-state index in [1.807, 2.05) is 0 Å². The Kier molecular flexibility index (Phi) is 5.77. The summed E-state index contributed by atoms with van der Waals surface area (Å²) < 4.78 is 0. The Hall–Kier alpha value is -0.470. The minimum Gasteiger partial charge on any atom is -0.316 e. The molecule has 19 heavy (non-hydrogen) atoms. The summed E-state index contributed by atoms with van der Waals surface area (Å²) in [7, 11) is 2.13. The molecule has 0 heterocycles. The Morgan fingerprint density at radius 3 is 2.53 bits per heavy atom. The fourth-order valence-corrected chi connectivity index (χ4v) is 4.47. The average Bonchev–Trinajstić information content (AvgIpc) is 2.37. The van der Waals surface area contributed by atoms with E-state index in [1.54, 1.807) is 0 Å². The Labute approximate surface area is 122 Å². The van der Waals surface area contributed by atoms with Gasteiger partial charge < -0.3 is 5.32 Å². The highest BCUT2D eigenvalue weighted by Gasteiger charge is 2.22. The molecular weight excluding hydrogens is 250 g/mol. The van der Waals surface area contributed by atoms with Crippen LogP contribution in [0.3, 0.4) is 0 Å². The number of hydrogen-bond donors (Lipinski definition) is 1. The van der Waals surface area contributed by atoms with Gasteiger partial charge in [-0.05, 0) is 45.4 Å². The van der Waals surface area contributed by atoms with Crippen LogP contribution in [0.25, 0.3) is 0 Å². The van der Waals surface area contributed by atoms with Gasteiger partial charge in [-0.1, -0.05) is 43.4 Å². The highest BCUT2D eigenvalue weighted by molar-refractivity contribution is 8.00. The van der Waals surface area contributed by atoms with Crippen LogP contribution in [0.1, 0.15) is 49.7 Å². The van der Waals surface area contributed by atoms with Gasteiger partial charge in [0.2, 0.25) is 0 Å². The molecule has 0 spiro atoms. The molecule has 2 heteroatoms. The molecule has 0 radical (unpaired) electrons. The molecule has 0 amide bonds. The average molecular weight is 277 g/mol. The van der Waals surface area contributed by atoms with Crippen molar-refractivity contribution in [3.05, 3.63) is 29.3 Å². The summed E-state index contributed by atoms with van der Waals surface area (Å²) in [6.45, 7) is 4.43. The molecule has 2 atom stereocenters. The lowest BCUT2D eigenvalue weighted by Crippen LogP contribution is -2.36. The number of aryl methyl sites for hydroxylation is 2. The maximum Gasteiger partial charge on any atom is 0.0248 e. The van der Waals surface area contributed by atoms with Crippen molar-refractivity contribution in [2.75, 3.05) is 7.05 Å². The molecule has 1 aliphatic carbocycles. The van der Waals surface area contributed by atoms with Gasteiger partial charge in [0.1, 0.15) is 0 Å². The van der Waals surface area contributed by atoms with Crippen molar-refractivity contribution in [3.8, 4) is 0 Å². The van der Waals surface area contributed by atoms with Gasteiger partial charge in [-0.2, -0.15) is 0 Å². The van der Waals surface area contributed by atoms with E-state index in [0.29, 0.717) is 6.04 Å². The first kappa shape index (κ1) is 14.9. The molecule has 1 aliphatic rings. The van der Waals surface area contributed by atoms with Gasteiger partial charge in [0.05, 0.1) is 0 Å². The molecular formula is C17H27NS. The third-order valence-electron chi connectivity index (χ3n) is 4.20. The zero-order valence-corrected chi connectivity index (χ0v) is 13.4. The SMILES string of the molecule is CNC1CCCCCCC1Sc1cc(C)ccc1C. The molecule has 1 saturated carbocycles. The van der Waals surface area contributed by atoms with Crippen LogP contribution in [0.2, 0.25) is 0 Å². The summed E-state index contributed by atoms with van der Waals surface area (Å²) in [5.74, 6) is 0. The van der Waals surface area contributed by atoms with Crippen LogP contribution in [0.5, 0.6) is 0 Å². The monoisotopic (exact) mass is 277 g/mol. The maximum atomic E-state index is 3.56. The second kappa shape index (κ2) is 7.35. The predicted molar refractivity (Wildman–Crippen MR) is 86.1 cm³/mol. The molecule has 2 rings (SSSR count). The van der Waals surface area contributed by atoms with Crippen LogP contribution < -0.4 is 5.32 Å². The predicted octanol–water partition coefficient (Wildman–Crippen LogP) is 4.71. The summed E-state index contributed by atoms with van der Waals surface area (Å²) >= 11 is 2.10.